The molecule has 1 atom stereocenters. The number of halogens is 1. The Kier molecular flexibility index (Phi) is 2.71. The average molecular weight is 262 g/mol. The first-order valence-corrected chi connectivity index (χ1v) is 6.43. The number of nitrogens with two attached hydrogens (primary N) is 1. The first kappa shape index (κ1) is 11.2. The standard InChI is InChI=1S/C12H11FN4S/c13-8-1-3-9(4-2-8)17-11(5-15-12(17)14)10-6-18-7-16-10/h1-4,6-7,11H,5H2,(H2,14,15). The largest absolute Gasteiger partial charge is 0.369 e. The van der Waals surface area contributed by atoms with E-state index in [1.807, 2.05) is 10.3 Å². The Balaban J connectivity index is 1.97. The van der Waals surface area contributed by atoms with Gasteiger partial charge in [0.2, 0.25) is 0 Å². The van der Waals surface area contributed by atoms with E-state index in [0.717, 1.165) is 11.4 Å². The van der Waals surface area contributed by atoms with Crippen LogP contribution < -0.4 is 10.6 Å². The summed E-state index contributed by atoms with van der Waals surface area (Å²) in [5, 5.41) is 1.98. The van der Waals surface area contributed by atoms with Gasteiger partial charge in [0.1, 0.15) is 5.82 Å². The molecule has 0 aliphatic carbocycles. The number of aliphatic imine (C=N–C) groups is 1. The van der Waals surface area contributed by atoms with Crippen molar-refractivity contribution < 1.29 is 4.39 Å². The lowest BCUT2D eigenvalue weighted by Gasteiger charge is -2.25. The van der Waals surface area contributed by atoms with Gasteiger partial charge in [-0.05, 0) is 24.3 Å². The zero-order valence-corrected chi connectivity index (χ0v) is 10.3. The Morgan fingerprint density at radius 2 is 2.11 bits per heavy atom. The Hall–Kier alpha value is -1.95. The molecule has 4 nitrogen and oxygen atoms in total. The monoisotopic (exact) mass is 262 g/mol. The normalized spacial score (nSPS) is 19.1. The van der Waals surface area contributed by atoms with Crippen LogP contribution in [0, 0.1) is 5.82 Å². The predicted molar refractivity (Wildman–Crippen MR) is 70.2 cm³/mol. The third-order valence-corrected chi connectivity index (χ3v) is 3.49. The molecule has 0 saturated carbocycles. The lowest BCUT2D eigenvalue weighted by Crippen LogP contribution is -2.36. The van der Waals surface area contributed by atoms with E-state index in [2.05, 4.69) is 9.98 Å². The molecule has 0 bridgehead atoms. The molecule has 2 heterocycles. The molecule has 0 amide bonds. The van der Waals surface area contributed by atoms with Crippen LogP contribution in [0.5, 0.6) is 0 Å². The molecule has 1 aromatic carbocycles. The van der Waals surface area contributed by atoms with E-state index >= 15 is 0 Å². The zero-order chi connectivity index (χ0) is 12.5. The number of anilines is 1. The van der Waals surface area contributed by atoms with E-state index in [1.54, 1.807) is 17.6 Å². The summed E-state index contributed by atoms with van der Waals surface area (Å²) in [5.41, 5.74) is 9.45. The minimum atomic E-state index is -0.265. The molecule has 1 aromatic heterocycles. The molecule has 0 fully saturated rings. The second-order valence-corrected chi connectivity index (χ2v) is 4.69. The fourth-order valence-electron chi connectivity index (χ4n) is 2.02. The molecule has 0 radical (unpaired) electrons. The number of guanidine groups is 1. The van der Waals surface area contributed by atoms with Crippen molar-refractivity contribution in [3.8, 4) is 0 Å². The molecule has 3 rings (SSSR count). The summed E-state index contributed by atoms with van der Waals surface area (Å²) >= 11 is 1.54. The van der Waals surface area contributed by atoms with Gasteiger partial charge in [-0.15, -0.1) is 11.3 Å². The molecule has 2 N–H and O–H groups in total. The highest BCUT2D eigenvalue weighted by atomic mass is 32.1. The lowest BCUT2D eigenvalue weighted by atomic mass is 10.2. The molecule has 6 heteroatoms. The quantitative estimate of drug-likeness (QED) is 0.902. The Bertz CT molecular complexity index is 564. The van der Waals surface area contributed by atoms with Gasteiger partial charge in [0.15, 0.2) is 5.96 Å². The number of nitrogens with zero attached hydrogens (tertiary/aromatic N) is 3. The van der Waals surface area contributed by atoms with Crippen LogP contribution in [-0.4, -0.2) is 17.5 Å². The maximum Gasteiger partial charge on any atom is 0.196 e. The lowest BCUT2D eigenvalue weighted by molar-refractivity contribution is 0.627. The highest BCUT2D eigenvalue weighted by molar-refractivity contribution is 7.07. The van der Waals surface area contributed by atoms with Crippen LogP contribution in [-0.2, 0) is 0 Å². The van der Waals surface area contributed by atoms with Crippen LogP contribution in [0.15, 0.2) is 40.1 Å². The molecule has 2 aromatic rings. The van der Waals surface area contributed by atoms with E-state index in [9.17, 15) is 4.39 Å². The SMILES string of the molecule is NC1=NCC(c2cscn2)N1c1ccc(F)cc1. The molecular formula is C12H11FN4S. The van der Waals surface area contributed by atoms with Gasteiger partial charge in [-0.25, -0.2) is 9.37 Å². The number of hydrogen-bond donors (Lipinski definition) is 1. The first-order valence-electron chi connectivity index (χ1n) is 5.48. The van der Waals surface area contributed by atoms with Crippen LogP contribution >= 0.6 is 11.3 Å². The Morgan fingerprint density at radius 3 is 2.78 bits per heavy atom. The van der Waals surface area contributed by atoms with Crippen molar-refractivity contribution in [1.29, 1.82) is 0 Å². The second-order valence-electron chi connectivity index (χ2n) is 3.97. The maximum atomic E-state index is 13.0. The molecule has 1 aliphatic heterocycles. The summed E-state index contributed by atoms with van der Waals surface area (Å²) in [6.45, 7) is 0.576. The fourth-order valence-corrected chi connectivity index (χ4v) is 2.62. The fraction of sp³-hybridized carbons (Fsp3) is 0.167. The first-order chi connectivity index (χ1) is 8.75. The van der Waals surface area contributed by atoms with Crippen LogP contribution in [0.25, 0.3) is 0 Å². The van der Waals surface area contributed by atoms with E-state index in [4.69, 9.17) is 5.73 Å². The van der Waals surface area contributed by atoms with E-state index in [-0.39, 0.29) is 11.9 Å². The summed E-state index contributed by atoms with van der Waals surface area (Å²) < 4.78 is 13.0. The minimum Gasteiger partial charge on any atom is -0.369 e. The average Bonchev–Trinajstić information content (AvgIpc) is 2.99. The summed E-state index contributed by atoms with van der Waals surface area (Å²) in [5.74, 6) is 0.179. The van der Waals surface area contributed by atoms with Crippen LogP contribution in [0.2, 0.25) is 0 Å². The van der Waals surface area contributed by atoms with Crippen molar-refractivity contribution in [2.24, 2.45) is 10.7 Å². The van der Waals surface area contributed by atoms with Gasteiger partial charge >= 0.3 is 0 Å². The predicted octanol–water partition coefficient (Wildman–Crippen LogP) is 2.16. The van der Waals surface area contributed by atoms with Crippen molar-refractivity contribution in [2.75, 3.05) is 11.4 Å². The van der Waals surface area contributed by atoms with Gasteiger partial charge in [-0.1, -0.05) is 0 Å². The zero-order valence-electron chi connectivity index (χ0n) is 9.45. The van der Waals surface area contributed by atoms with Gasteiger partial charge in [0, 0.05) is 11.1 Å². The highest BCUT2D eigenvalue weighted by Crippen LogP contribution is 2.30. The summed E-state index contributed by atoms with van der Waals surface area (Å²) in [6.07, 6.45) is 0. The van der Waals surface area contributed by atoms with Gasteiger partial charge in [0.05, 0.1) is 23.8 Å². The van der Waals surface area contributed by atoms with E-state index in [1.165, 1.54) is 23.5 Å². The number of hydrogen-bond acceptors (Lipinski definition) is 5. The van der Waals surface area contributed by atoms with Gasteiger partial charge in [-0.3, -0.25) is 4.99 Å². The number of thiazole rings is 1. The minimum absolute atomic E-state index is 0.00158. The summed E-state index contributed by atoms with van der Waals surface area (Å²) in [4.78, 5) is 10.4. The third-order valence-electron chi connectivity index (χ3n) is 2.88. The van der Waals surface area contributed by atoms with Crippen LogP contribution in [0.4, 0.5) is 10.1 Å². The van der Waals surface area contributed by atoms with Crippen LogP contribution in [0.1, 0.15) is 11.7 Å². The number of aromatic nitrogens is 1. The number of benzene rings is 1. The molecule has 1 aliphatic rings. The summed E-state index contributed by atoms with van der Waals surface area (Å²) in [6, 6.07) is 6.23. The maximum absolute atomic E-state index is 13.0. The second kappa shape index (κ2) is 4.38. The molecule has 1 unspecified atom stereocenters. The molecular weight excluding hydrogens is 251 g/mol. The molecule has 0 spiro atoms. The van der Waals surface area contributed by atoms with E-state index < -0.39 is 0 Å². The smallest absolute Gasteiger partial charge is 0.196 e. The summed E-state index contributed by atoms with van der Waals surface area (Å²) in [7, 11) is 0. The van der Waals surface area contributed by atoms with Crippen LogP contribution in [0.3, 0.4) is 0 Å². The van der Waals surface area contributed by atoms with Crippen molar-refractivity contribution >= 4 is 23.0 Å². The molecule has 0 saturated heterocycles. The van der Waals surface area contributed by atoms with Gasteiger partial charge in [0.25, 0.3) is 0 Å². The van der Waals surface area contributed by atoms with Gasteiger partial charge in [-0.2, -0.15) is 0 Å². The molecule has 92 valence electrons. The number of rotatable bonds is 2. The Morgan fingerprint density at radius 1 is 1.33 bits per heavy atom. The van der Waals surface area contributed by atoms with E-state index in [0.29, 0.717) is 12.5 Å². The third kappa shape index (κ3) is 1.84. The highest BCUT2D eigenvalue weighted by Gasteiger charge is 2.29. The van der Waals surface area contributed by atoms with Crippen molar-refractivity contribution in [1.82, 2.24) is 4.98 Å². The van der Waals surface area contributed by atoms with Gasteiger partial charge < -0.3 is 10.6 Å². The van der Waals surface area contributed by atoms with Crippen molar-refractivity contribution in [3.05, 3.63) is 46.7 Å². The van der Waals surface area contributed by atoms with Crippen molar-refractivity contribution in [3.63, 3.8) is 0 Å². The molecule has 18 heavy (non-hydrogen) atoms. The van der Waals surface area contributed by atoms with Crippen molar-refractivity contribution in [2.45, 2.75) is 6.04 Å². The topological polar surface area (TPSA) is 54.5 Å². The Labute approximate surface area is 108 Å².